The molecule has 0 radical (unpaired) electrons. The fourth-order valence-corrected chi connectivity index (χ4v) is 5.93. The average molecular weight is 481 g/mol. The molecule has 2 aromatic heterocycles. The van der Waals surface area contributed by atoms with Gasteiger partial charge in [0.15, 0.2) is 0 Å². The second kappa shape index (κ2) is 9.02. The number of rotatable bonds is 4. The molecular formula is C25H25ClN4O2S. The van der Waals surface area contributed by atoms with E-state index in [-0.39, 0.29) is 5.76 Å². The van der Waals surface area contributed by atoms with Crippen molar-refractivity contribution in [2.45, 2.75) is 42.7 Å². The molecule has 1 spiro atoms. The first kappa shape index (κ1) is 22.3. The van der Waals surface area contributed by atoms with E-state index in [4.69, 9.17) is 26.0 Å². The molecule has 0 amide bonds. The molecule has 0 bridgehead atoms. The number of piperidine rings is 1. The second-order valence-corrected chi connectivity index (χ2v) is 10.3. The zero-order valence-electron chi connectivity index (χ0n) is 18.6. The van der Waals surface area contributed by atoms with Crippen molar-refractivity contribution in [1.29, 1.82) is 5.26 Å². The highest BCUT2D eigenvalue weighted by atomic mass is 35.5. The number of benzene rings is 1. The molecule has 0 saturated carbocycles. The van der Waals surface area contributed by atoms with Crippen LogP contribution in [0.5, 0.6) is 0 Å². The minimum absolute atomic E-state index is 0.258. The topological polar surface area (TPSA) is 75.2 Å². The number of nitriles is 1. The van der Waals surface area contributed by atoms with E-state index < -0.39 is 0 Å². The number of furan rings is 1. The summed E-state index contributed by atoms with van der Waals surface area (Å²) in [4.78, 5) is 12.5. The molecule has 0 aliphatic carbocycles. The van der Waals surface area contributed by atoms with Crippen LogP contribution < -0.4 is 4.90 Å². The van der Waals surface area contributed by atoms with Gasteiger partial charge in [-0.15, -0.1) is 0 Å². The maximum absolute atomic E-state index is 9.00. The van der Waals surface area contributed by atoms with Gasteiger partial charge >= 0.3 is 0 Å². The lowest BCUT2D eigenvalue weighted by Gasteiger charge is -2.41. The average Bonchev–Trinajstić information content (AvgIpc) is 3.43. The van der Waals surface area contributed by atoms with Gasteiger partial charge in [0, 0.05) is 29.0 Å². The van der Waals surface area contributed by atoms with E-state index in [0.717, 1.165) is 53.8 Å². The number of hydrogen-bond acceptors (Lipinski definition) is 7. The van der Waals surface area contributed by atoms with Gasteiger partial charge in [0.05, 0.1) is 30.1 Å². The molecule has 2 aliphatic rings. The van der Waals surface area contributed by atoms with Crippen LogP contribution in [0.3, 0.4) is 0 Å². The maximum Gasteiger partial charge on any atom is 0.204 e. The zero-order valence-corrected chi connectivity index (χ0v) is 20.2. The van der Waals surface area contributed by atoms with Crippen molar-refractivity contribution in [2.24, 2.45) is 11.3 Å². The largest absolute Gasteiger partial charge is 0.446 e. The van der Waals surface area contributed by atoms with E-state index in [1.54, 1.807) is 18.3 Å². The second-order valence-electron chi connectivity index (χ2n) is 8.86. The first-order valence-corrected chi connectivity index (χ1v) is 12.3. The summed E-state index contributed by atoms with van der Waals surface area (Å²) in [5.41, 5.74) is 1.05. The lowest BCUT2D eigenvalue weighted by atomic mass is 9.70. The molecular weight excluding hydrogens is 456 g/mol. The summed E-state index contributed by atoms with van der Waals surface area (Å²) in [7, 11) is 0. The fourth-order valence-electron chi connectivity index (χ4n) is 4.81. The van der Waals surface area contributed by atoms with Crippen LogP contribution in [-0.4, -0.2) is 35.8 Å². The minimum Gasteiger partial charge on any atom is -0.446 e. The van der Waals surface area contributed by atoms with Crippen molar-refractivity contribution in [3.8, 4) is 17.4 Å². The highest BCUT2D eigenvalue weighted by Gasteiger charge is 2.46. The molecule has 2 atom stereocenters. The standard InChI is InChI=1S/C25H25ClN4O2S/c1-16-17(2)31-15-25(16)8-10-30(11-9-25)22-13-29-23(14-28-22)33-21-5-3-4-19(24(21)26)20-7-6-18(12-27)32-20/h3-7,13-14,16-17H,8-11,15H2,1-2H3/t16-,17+/m1/s1. The molecule has 8 heteroatoms. The molecule has 2 saturated heterocycles. The van der Waals surface area contributed by atoms with Crippen LogP contribution >= 0.6 is 23.4 Å². The predicted octanol–water partition coefficient (Wildman–Crippen LogP) is 6.05. The Kier molecular flexibility index (Phi) is 6.09. The lowest BCUT2D eigenvalue weighted by molar-refractivity contribution is 0.0969. The van der Waals surface area contributed by atoms with Crippen LogP contribution in [0, 0.1) is 22.7 Å². The number of hydrogen-bond donors (Lipinski definition) is 0. The summed E-state index contributed by atoms with van der Waals surface area (Å²) in [6.45, 7) is 7.34. The molecule has 170 valence electrons. The Morgan fingerprint density at radius 2 is 1.97 bits per heavy atom. The van der Waals surface area contributed by atoms with E-state index in [9.17, 15) is 0 Å². The van der Waals surface area contributed by atoms with E-state index in [0.29, 0.717) is 28.2 Å². The summed E-state index contributed by atoms with van der Waals surface area (Å²) in [6.07, 6.45) is 6.25. The quantitative estimate of drug-likeness (QED) is 0.449. The molecule has 2 aliphatic heterocycles. The zero-order chi connectivity index (χ0) is 23.0. The number of anilines is 1. The number of aromatic nitrogens is 2. The van der Waals surface area contributed by atoms with Crippen LogP contribution in [0.2, 0.25) is 5.02 Å². The van der Waals surface area contributed by atoms with Crippen molar-refractivity contribution in [2.75, 3.05) is 24.6 Å². The highest BCUT2D eigenvalue weighted by molar-refractivity contribution is 7.99. The Balaban J connectivity index is 1.27. The molecule has 4 heterocycles. The van der Waals surface area contributed by atoms with Gasteiger partial charge in [-0.25, -0.2) is 9.97 Å². The van der Waals surface area contributed by atoms with Crippen molar-refractivity contribution < 1.29 is 9.15 Å². The van der Waals surface area contributed by atoms with Crippen LogP contribution in [-0.2, 0) is 4.74 Å². The normalized spacial score (nSPS) is 21.9. The number of nitrogens with zero attached hydrogens (tertiary/aromatic N) is 4. The van der Waals surface area contributed by atoms with Crippen molar-refractivity contribution in [1.82, 2.24) is 9.97 Å². The van der Waals surface area contributed by atoms with Gasteiger partial charge in [-0.05, 0) is 49.9 Å². The molecule has 0 N–H and O–H groups in total. The smallest absolute Gasteiger partial charge is 0.204 e. The van der Waals surface area contributed by atoms with Gasteiger partial charge in [0.1, 0.15) is 22.7 Å². The molecule has 2 fully saturated rings. The van der Waals surface area contributed by atoms with Gasteiger partial charge in [-0.3, -0.25) is 0 Å². The third kappa shape index (κ3) is 4.23. The molecule has 1 aromatic carbocycles. The molecule has 0 unspecified atom stereocenters. The summed E-state index contributed by atoms with van der Waals surface area (Å²) in [5, 5.41) is 10.3. The lowest BCUT2D eigenvalue weighted by Crippen LogP contribution is -2.44. The van der Waals surface area contributed by atoms with Gasteiger partial charge in [0.2, 0.25) is 5.76 Å². The molecule has 5 rings (SSSR count). The van der Waals surface area contributed by atoms with Gasteiger partial charge < -0.3 is 14.1 Å². The van der Waals surface area contributed by atoms with E-state index in [1.807, 2.05) is 30.5 Å². The van der Waals surface area contributed by atoms with Crippen LogP contribution in [0.4, 0.5) is 5.82 Å². The minimum atomic E-state index is 0.258. The van der Waals surface area contributed by atoms with Crippen LogP contribution in [0.1, 0.15) is 32.4 Å². The summed E-state index contributed by atoms with van der Waals surface area (Å²) in [6, 6.07) is 11.1. The Bertz CT molecular complexity index is 1180. The predicted molar refractivity (Wildman–Crippen MR) is 128 cm³/mol. The Morgan fingerprint density at radius 3 is 2.61 bits per heavy atom. The van der Waals surface area contributed by atoms with E-state index in [1.165, 1.54) is 11.8 Å². The van der Waals surface area contributed by atoms with Crippen molar-refractivity contribution in [3.63, 3.8) is 0 Å². The van der Waals surface area contributed by atoms with E-state index >= 15 is 0 Å². The van der Waals surface area contributed by atoms with Gasteiger partial charge in [-0.1, -0.05) is 36.4 Å². The number of halogens is 1. The molecule has 3 aromatic rings. The Hall–Kier alpha value is -2.53. The van der Waals surface area contributed by atoms with Crippen LogP contribution in [0.15, 0.2) is 57.1 Å². The fraction of sp³-hybridized carbons (Fsp3) is 0.400. The summed E-state index contributed by atoms with van der Waals surface area (Å²) >= 11 is 8.11. The Morgan fingerprint density at radius 1 is 1.15 bits per heavy atom. The molecule has 6 nitrogen and oxygen atoms in total. The van der Waals surface area contributed by atoms with Gasteiger partial charge in [-0.2, -0.15) is 5.26 Å². The monoisotopic (exact) mass is 480 g/mol. The third-order valence-electron chi connectivity index (χ3n) is 7.16. The summed E-state index contributed by atoms with van der Waals surface area (Å²) < 4.78 is 11.5. The third-order valence-corrected chi connectivity index (χ3v) is 8.66. The SMILES string of the molecule is C[C@@H]1OCC2(CCN(c3cnc(Sc4cccc(-c5ccc(C#N)o5)c4Cl)cn3)CC2)[C@@H]1C. The molecule has 33 heavy (non-hydrogen) atoms. The maximum atomic E-state index is 9.00. The highest BCUT2D eigenvalue weighted by Crippen LogP contribution is 2.46. The first-order valence-electron chi connectivity index (χ1n) is 11.1. The van der Waals surface area contributed by atoms with Gasteiger partial charge in [0.25, 0.3) is 0 Å². The van der Waals surface area contributed by atoms with Crippen molar-refractivity contribution >= 4 is 29.2 Å². The van der Waals surface area contributed by atoms with E-state index in [2.05, 4.69) is 28.7 Å². The van der Waals surface area contributed by atoms with Crippen molar-refractivity contribution in [3.05, 3.63) is 53.5 Å². The first-order chi connectivity index (χ1) is 16.0. The summed E-state index contributed by atoms with van der Waals surface area (Å²) in [5.74, 6) is 2.33. The van der Waals surface area contributed by atoms with Crippen LogP contribution in [0.25, 0.3) is 11.3 Å². The number of ether oxygens (including phenoxy) is 1. The Labute approximate surface area is 202 Å².